The Balaban J connectivity index is 1.38. The van der Waals surface area contributed by atoms with Gasteiger partial charge in [-0.15, -0.1) is 11.8 Å². The van der Waals surface area contributed by atoms with E-state index in [9.17, 15) is 14.4 Å². The fourth-order valence-corrected chi connectivity index (χ4v) is 5.91. The van der Waals surface area contributed by atoms with Crippen molar-refractivity contribution in [1.29, 1.82) is 0 Å². The van der Waals surface area contributed by atoms with Gasteiger partial charge in [0.25, 0.3) is 11.8 Å². The van der Waals surface area contributed by atoms with Gasteiger partial charge in [-0.25, -0.2) is 0 Å². The van der Waals surface area contributed by atoms with Crippen molar-refractivity contribution in [1.82, 2.24) is 5.32 Å². The van der Waals surface area contributed by atoms with E-state index in [1.807, 2.05) is 55.5 Å². The van der Waals surface area contributed by atoms with Crippen LogP contribution in [-0.2, 0) is 9.59 Å². The van der Waals surface area contributed by atoms with Crippen LogP contribution in [0.2, 0.25) is 10.0 Å². The molecule has 0 aliphatic rings. The van der Waals surface area contributed by atoms with Crippen LogP contribution in [0.1, 0.15) is 32.3 Å². The molecule has 0 fully saturated rings. The Morgan fingerprint density at radius 2 is 1.37 bits per heavy atom. The van der Waals surface area contributed by atoms with Gasteiger partial charge < -0.3 is 16.0 Å². The van der Waals surface area contributed by atoms with E-state index >= 15 is 0 Å². The molecule has 46 heavy (non-hydrogen) atoms. The summed E-state index contributed by atoms with van der Waals surface area (Å²) in [5.41, 5.74) is 3.78. The summed E-state index contributed by atoms with van der Waals surface area (Å²) < 4.78 is 0. The van der Waals surface area contributed by atoms with E-state index in [1.54, 1.807) is 78.9 Å². The molecule has 3 amide bonds. The predicted molar refractivity (Wildman–Crippen MR) is 188 cm³/mol. The molecule has 0 aliphatic heterocycles. The van der Waals surface area contributed by atoms with E-state index in [4.69, 9.17) is 23.2 Å². The van der Waals surface area contributed by atoms with Crippen LogP contribution in [0.15, 0.2) is 138 Å². The van der Waals surface area contributed by atoms with Gasteiger partial charge in [-0.05, 0) is 78.2 Å². The second-order valence-electron chi connectivity index (χ2n) is 10.2. The van der Waals surface area contributed by atoms with Gasteiger partial charge in [-0.2, -0.15) is 0 Å². The molecule has 0 radical (unpaired) electrons. The van der Waals surface area contributed by atoms with Crippen molar-refractivity contribution in [2.75, 3.05) is 10.6 Å². The number of benzene rings is 5. The average molecular weight is 667 g/mol. The summed E-state index contributed by atoms with van der Waals surface area (Å²) in [5, 5.41) is 8.97. The molecule has 5 rings (SSSR count). The second kappa shape index (κ2) is 15.5. The lowest BCUT2D eigenvalue weighted by atomic mass is 10.1. The lowest BCUT2D eigenvalue weighted by molar-refractivity contribution is -0.116. The third-order valence-electron chi connectivity index (χ3n) is 6.86. The first kappa shape index (κ1) is 32.6. The second-order valence-corrected chi connectivity index (χ2v) is 12.2. The maximum absolute atomic E-state index is 13.6. The zero-order valence-corrected chi connectivity index (χ0v) is 27.0. The standard InChI is InChI=1S/C37H29Cl2N3O3S/c1-24-19-20-29(23-32(24)39)41-37(45)34(25-11-4-2-5-12-25)46-30-17-10-16-28(22-30)40-36(44)33(21-27-15-8-9-18-31(27)38)42-35(43)26-13-6-3-7-14-26/h2-23,34H,1H3,(H,40,44)(H,41,45)(H,42,43)/b33-21+. The normalized spacial score (nSPS) is 11.8. The lowest BCUT2D eigenvalue weighted by Gasteiger charge is -2.18. The van der Waals surface area contributed by atoms with Crippen LogP contribution >= 0.6 is 35.0 Å². The monoisotopic (exact) mass is 665 g/mol. The van der Waals surface area contributed by atoms with Crippen molar-refractivity contribution in [3.05, 3.63) is 165 Å². The van der Waals surface area contributed by atoms with E-state index in [0.717, 1.165) is 16.0 Å². The number of anilines is 2. The van der Waals surface area contributed by atoms with Crippen LogP contribution in [-0.4, -0.2) is 17.7 Å². The van der Waals surface area contributed by atoms with Gasteiger partial charge >= 0.3 is 0 Å². The highest BCUT2D eigenvalue weighted by Gasteiger charge is 2.23. The molecule has 6 nitrogen and oxygen atoms in total. The van der Waals surface area contributed by atoms with Crippen LogP contribution in [0, 0.1) is 6.92 Å². The molecule has 0 spiro atoms. The quantitative estimate of drug-likeness (QED) is 0.103. The van der Waals surface area contributed by atoms with Crippen molar-refractivity contribution in [3.63, 3.8) is 0 Å². The third kappa shape index (κ3) is 8.67. The average Bonchev–Trinajstić information content (AvgIpc) is 3.07. The molecule has 9 heteroatoms. The van der Waals surface area contributed by atoms with E-state index in [0.29, 0.717) is 32.5 Å². The largest absolute Gasteiger partial charge is 0.325 e. The Labute approximate surface area is 281 Å². The number of rotatable bonds is 10. The Kier molecular flexibility index (Phi) is 10.9. The molecule has 5 aromatic carbocycles. The third-order valence-corrected chi connectivity index (χ3v) is 8.86. The topological polar surface area (TPSA) is 87.3 Å². The van der Waals surface area contributed by atoms with Crippen molar-refractivity contribution < 1.29 is 14.4 Å². The summed E-state index contributed by atoms with van der Waals surface area (Å²) in [7, 11) is 0. The van der Waals surface area contributed by atoms with Crippen molar-refractivity contribution in [2.45, 2.75) is 17.1 Å². The van der Waals surface area contributed by atoms with Gasteiger partial charge in [0, 0.05) is 31.9 Å². The maximum atomic E-state index is 13.6. The van der Waals surface area contributed by atoms with Gasteiger partial charge in [0.15, 0.2) is 0 Å². The molecular weight excluding hydrogens is 637 g/mol. The Hall–Kier alpha value is -4.82. The maximum Gasteiger partial charge on any atom is 0.272 e. The summed E-state index contributed by atoms with van der Waals surface area (Å²) >= 11 is 14.0. The first-order valence-corrected chi connectivity index (χ1v) is 15.9. The van der Waals surface area contributed by atoms with Gasteiger partial charge in [-0.3, -0.25) is 14.4 Å². The minimum absolute atomic E-state index is 0.0123. The summed E-state index contributed by atoms with van der Waals surface area (Å²) in [4.78, 5) is 40.9. The van der Waals surface area contributed by atoms with E-state index in [-0.39, 0.29) is 11.6 Å². The Morgan fingerprint density at radius 1 is 0.696 bits per heavy atom. The minimum atomic E-state index is -0.604. The molecule has 1 unspecified atom stereocenters. The number of hydrogen-bond acceptors (Lipinski definition) is 4. The van der Waals surface area contributed by atoms with Crippen LogP contribution in [0.3, 0.4) is 0 Å². The van der Waals surface area contributed by atoms with Crippen molar-refractivity contribution in [2.24, 2.45) is 0 Å². The van der Waals surface area contributed by atoms with Crippen molar-refractivity contribution >= 4 is 70.1 Å². The number of amides is 3. The Morgan fingerprint density at radius 3 is 2.09 bits per heavy atom. The molecule has 0 saturated carbocycles. The number of nitrogens with one attached hydrogen (secondary N) is 3. The number of hydrogen-bond donors (Lipinski definition) is 3. The zero-order valence-electron chi connectivity index (χ0n) is 24.7. The Bertz CT molecular complexity index is 1900. The summed E-state index contributed by atoms with van der Waals surface area (Å²) in [6, 6.07) is 37.6. The fraction of sp³-hybridized carbons (Fsp3) is 0.0541. The first-order valence-electron chi connectivity index (χ1n) is 14.3. The minimum Gasteiger partial charge on any atom is -0.325 e. The van der Waals surface area contributed by atoms with E-state index < -0.39 is 17.1 Å². The predicted octanol–water partition coefficient (Wildman–Crippen LogP) is 9.18. The van der Waals surface area contributed by atoms with Gasteiger partial charge in [0.2, 0.25) is 5.91 Å². The highest BCUT2D eigenvalue weighted by atomic mass is 35.5. The molecule has 0 aliphatic carbocycles. The number of carbonyl (C=O) groups is 3. The summed E-state index contributed by atoms with van der Waals surface area (Å²) in [6.45, 7) is 1.90. The highest BCUT2D eigenvalue weighted by molar-refractivity contribution is 8.00. The van der Waals surface area contributed by atoms with Crippen LogP contribution in [0.4, 0.5) is 11.4 Å². The van der Waals surface area contributed by atoms with Crippen LogP contribution in [0.25, 0.3) is 6.08 Å². The number of carbonyl (C=O) groups excluding carboxylic acids is 3. The molecule has 5 aromatic rings. The lowest BCUT2D eigenvalue weighted by Crippen LogP contribution is -2.30. The summed E-state index contributed by atoms with van der Waals surface area (Å²) in [5.74, 6) is -1.20. The molecular formula is C37H29Cl2N3O3S. The van der Waals surface area contributed by atoms with E-state index in [2.05, 4.69) is 16.0 Å². The molecule has 3 N–H and O–H groups in total. The number of aryl methyl sites for hydroxylation is 1. The van der Waals surface area contributed by atoms with Gasteiger partial charge in [0.05, 0.1) is 0 Å². The zero-order chi connectivity index (χ0) is 32.5. The molecule has 230 valence electrons. The molecule has 0 saturated heterocycles. The van der Waals surface area contributed by atoms with Crippen LogP contribution < -0.4 is 16.0 Å². The molecule has 1 atom stereocenters. The summed E-state index contributed by atoms with van der Waals surface area (Å²) in [6.07, 6.45) is 1.53. The van der Waals surface area contributed by atoms with Crippen molar-refractivity contribution in [3.8, 4) is 0 Å². The van der Waals surface area contributed by atoms with Crippen LogP contribution in [0.5, 0.6) is 0 Å². The molecule has 0 heterocycles. The van der Waals surface area contributed by atoms with Gasteiger partial charge in [-0.1, -0.05) is 102 Å². The molecule has 0 aromatic heterocycles. The number of halogens is 2. The first-order chi connectivity index (χ1) is 22.3. The molecule has 0 bridgehead atoms. The fourth-order valence-electron chi connectivity index (χ4n) is 4.45. The SMILES string of the molecule is Cc1ccc(NC(=O)C(Sc2cccc(NC(=O)/C(=C\c3ccccc3Cl)NC(=O)c3ccccc3)c2)c2ccccc2)cc1Cl. The smallest absolute Gasteiger partial charge is 0.272 e. The highest BCUT2D eigenvalue weighted by Crippen LogP contribution is 2.37. The van der Waals surface area contributed by atoms with Gasteiger partial charge in [0.1, 0.15) is 10.9 Å². The number of thioether (sulfide) groups is 1. The van der Waals surface area contributed by atoms with E-state index in [1.165, 1.54) is 17.8 Å².